The van der Waals surface area contributed by atoms with E-state index < -0.39 is 0 Å². The van der Waals surface area contributed by atoms with E-state index in [0.29, 0.717) is 0 Å². The van der Waals surface area contributed by atoms with Crippen molar-refractivity contribution in [3.63, 3.8) is 0 Å². The molecule has 0 aliphatic rings. The van der Waals surface area contributed by atoms with E-state index in [1.807, 2.05) is 24.3 Å². The number of thiazole rings is 1. The standard InChI is InChI=1S/C15H15N3OS/c1-19-12-6-4-11(5-7-12)8-10-17-15-18-13-3-2-9-16-14(13)20-15/h2-7,9H,8,10H2,1H3,(H,17,18). The van der Waals surface area contributed by atoms with E-state index in [4.69, 9.17) is 4.74 Å². The molecule has 4 nitrogen and oxygen atoms in total. The highest BCUT2D eigenvalue weighted by Crippen LogP contribution is 2.23. The molecule has 0 unspecified atom stereocenters. The molecule has 1 aromatic carbocycles. The van der Waals surface area contributed by atoms with Gasteiger partial charge in [0.25, 0.3) is 0 Å². The monoisotopic (exact) mass is 285 g/mol. The molecule has 3 aromatic rings. The Kier molecular flexibility index (Phi) is 3.78. The Morgan fingerprint density at radius 3 is 2.80 bits per heavy atom. The van der Waals surface area contributed by atoms with Crippen molar-refractivity contribution in [1.29, 1.82) is 0 Å². The number of fused-ring (bicyclic) bond motifs is 1. The molecule has 0 radical (unpaired) electrons. The number of anilines is 1. The topological polar surface area (TPSA) is 47.0 Å². The van der Waals surface area contributed by atoms with Crippen molar-refractivity contribution in [2.75, 3.05) is 19.0 Å². The number of ether oxygens (including phenoxy) is 1. The van der Waals surface area contributed by atoms with E-state index in [9.17, 15) is 0 Å². The maximum Gasteiger partial charge on any atom is 0.185 e. The van der Waals surface area contributed by atoms with Gasteiger partial charge in [0.05, 0.1) is 7.11 Å². The van der Waals surface area contributed by atoms with Gasteiger partial charge in [-0.05, 0) is 36.2 Å². The van der Waals surface area contributed by atoms with Crippen molar-refractivity contribution in [2.45, 2.75) is 6.42 Å². The van der Waals surface area contributed by atoms with Crippen LogP contribution < -0.4 is 10.1 Å². The predicted molar refractivity (Wildman–Crippen MR) is 82.6 cm³/mol. The maximum absolute atomic E-state index is 5.15. The van der Waals surface area contributed by atoms with Crippen LogP contribution in [0, 0.1) is 0 Å². The highest BCUT2D eigenvalue weighted by Gasteiger charge is 2.03. The minimum absolute atomic E-state index is 0.853. The van der Waals surface area contributed by atoms with E-state index in [2.05, 4.69) is 27.4 Å². The Labute approximate surface area is 121 Å². The summed E-state index contributed by atoms with van der Waals surface area (Å²) in [5.41, 5.74) is 2.22. The number of hydrogen-bond donors (Lipinski definition) is 1. The first kappa shape index (κ1) is 12.9. The summed E-state index contributed by atoms with van der Waals surface area (Å²) >= 11 is 1.59. The van der Waals surface area contributed by atoms with Gasteiger partial charge in [-0.3, -0.25) is 0 Å². The summed E-state index contributed by atoms with van der Waals surface area (Å²) in [7, 11) is 1.68. The molecule has 3 rings (SSSR count). The largest absolute Gasteiger partial charge is 0.497 e. The Morgan fingerprint density at radius 1 is 1.20 bits per heavy atom. The van der Waals surface area contributed by atoms with Crippen LogP contribution in [0.15, 0.2) is 42.6 Å². The molecular formula is C15H15N3OS. The zero-order valence-electron chi connectivity index (χ0n) is 11.2. The molecule has 0 bridgehead atoms. The van der Waals surface area contributed by atoms with Crippen LogP contribution in [0.25, 0.3) is 10.3 Å². The van der Waals surface area contributed by atoms with Crippen LogP contribution in [0.5, 0.6) is 5.75 Å². The van der Waals surface area contributed by atoms with Gasteiger partial charge < -0.3 is 10.1 Å². The molecule has 5 heteroatoms. The van der Waals surface area contributed by atoms with Gasteiger partial charge in [0, 0.05) is 12.7 Å². The van der Waals surface area contributed by atoms with Gasteiger partial charge in [-0.25, -0.2) is 9.97 Å². The second-order valence-electron chi connectivity index (χ2n) is 4.37. The van der Waals surface area contributed by atoms with E-state index in [1.165, 1.54) is 5.56 Å². The molecule has 20 heavy (non-hydrogen) atoms. The fourth-order valence-corrected chi connectivity index (χ4v) is 2.78. The third-order valence-electron chi connectivity index (χ3n) is 3.02. The van der Waals surface area contributed by atoms with Crippen LogP contribution in [-0.4, -0.2) is 23.6 Å². The second kappa shape index (κ2) is 5.88. The number of nitrogens with one attached hydrogen (secondary N) is 1. The zero-order chi connectivity index (χ0) is 13.8. The van der Waals surface area contributed by atoms with Crippen LogP contribution >= 0.6 is 11.3 Å². The highest BCUT2D eigenvalue weighted by molar-refractivity contribution is 7.21. The van der Waals surface area contributed by atoms with Crippen LogP contribution in [0.2, 0.25) is 0 Å². The van der Waals surface area contributed by atoms with Crippen molar-refractivity contribution >= 4 is 26.8 Å². The molecule has 0 aliphatic heterocycles. The fourth-order valence-electron chi connectivity index (χ4n) is 1.95. The van der Waals surface area contributed by atoms with Crippen molar-refractivity contribution in [3.8, 4) is 5.75 Å². The van der Waals surface area contributed by atoms with E-state index in [1.54, 1.807) is 24.6 Å². The lowest BCUT2D eigenvalue weighted by molar-refractivity contribution is 0.414. The number of nitrogens with zero attached hydrogens (tertiary/aromatic N) is 2. The normalized spacial score (nSPS) is 10.7. The second-order valence-corrected chi connectivity index (χ2v) is 5.35. The van der Waals surface area contributed by atoms with Crippen molar-refractivity contribution in [2.24, 2.45) is 0 Å². The molecular weight excluding hydrogens is 270 g/mol. The van der Waals surface area contributed by atoms with Gasteiger partial charge in [-0.1, -0.05) is 23.5 Å². The molecule has 2 heterocycles. The first-order valence-electron chi connectivity index (χ1n) is 6.43. The summed E-state index contributed by atoms with van der Waals surface area (Å²) in [4.78, 5) is 9.76. The first-order chi connectivity index (χ1) is 9.85. The van der Waals surface area contributed by atoms with Gasteiger partial charge in [0.1, 0.15) is 16.1 Å². The summed E-state index contributed by atoms with van der Waals surface area (Å²) in [5, 5.41) is 4.27. The van der Waals surface area contributed by atoms with Crippen LogP contribution in [0.4, 0.5) is 5.13 Å². The number of hydrogen-bond acceptors (Lipinski definition) is 5. The zero-order valence-corrected chi connectivity index (χ0v) is 12.0. The summed E-state index contributed by atoms with van der Waals surface area (Å²) in [6, 6.07) is 12.0. The van der Waals surface area contributed by atoms with Crippen molar-refractivity contribution in [3.05, 3.63) is 48.2 Å². The lowest BCUT2D eigenvalue weighted by atomic mass is 10.1. The smallest absolute Gasteiger partial charge is 0.185 e. The maximum atomic E-state index is 5.15. The Bertz CT molecular complexity index is 661. The van der Waals surface area contributed by atoms with Gasteiger partial charge in [-0.15, -0.1) is 0 Å². The molecule has 0 spiro atoms. The minimum atomic E-state index is 0.853. The van der Waals surface area contributed by atoms with Crippen LogP contribution in [-0.2, 0) is 6.42 Å². The fraction of sp³-hybridized carbons (Fsp3) is 0.200. The Hall–Kier alpha value is -2.14. The molecule has 0 saturated carbocycles. The van der Waals surface area contributed by atoms with Crippen molar-refractivity contribution in [1.82, 2.24) is 9.97 Å². The molecule has 1 N–H and O–H groups in total. The number of rotatable bonds is 5. The molecule has 0 amide bonds. The molecule has 0 aliphatic carbocycles. The predicted octanol–water partition coefficient (Wildman–Crippen LogP) is 3.35. The lowest BCUT2D eigenvalue weighted by Crippen LogP contribution is -2.04. The van der Waals surface area contributed by atoms with Crippen LogP contribution in [0.3, 0.4) is 0 Å². The molecule has 102 valence electrons. The Balaban J connectivity index is 1.58. The molecule has 0 atom stereocenters. The van der Waals surface area contributed by atoms with Gasteiger partial charge >= 0.3 is 0 Å². The summed E-state index contributed by atoms with van der Waals surface area (Å²) in [6.07, 6.45) is 2.75. The van der Waals surface area contributed by atoms with Crippen LogP contribution in [0.1, 0.15) is 5.56 Å². The number of methoxy groups -OCH3 is 1. The highest BCUT2D eigenvalue weighted by atomic mass is 32.1. The number of aromatic nitrogens is 2. The lowest BCUT2D eigenvalue weighted by Gasteiger charge is -2.04. The molecule has 0 saturated heterocycles. The van der Waals surface area contributed by atoms with E-state index >= 15 is 0 Å². The quantitative estimate of drug-likeness (QED) is 0.781. The van der Waals surface area contributed by atoms with Gasteiger partial charge in [-0.2, -0.15) is 0 Å². The van der Waals surface area contributed by atoms with Gasteiger partial charge in [0.2, 0.25) is 0 Å². The molecule has 2 aromatic heterocycles. The average molecular weight is 285 g/mol. The minimum Gasteiger partial charge on any atom is -0.497 e. The van der Waals surface area contributed by atoms with Crippen molar-refractivity contribution < 1.29 is 4.74 Å². The third kappa shape index (κ3) is 2.88. The first-order valence-corrected chi connectivity index (χ1v) is 7.25. The summed E-state index contributed by atoms with van der Waals surface area (Å²) in [6.45, 7) is 0.853. The Morgan fingerprint density at radius 2 is 2.05 bits per heavy atom. The third-order valence-corrected chi connectivity index (χ3v) is 3.95. The SMILES string of the molecule is COc1ccc(CCNc2nc3cccnc3s2)cc1. The number of benzene rings is 1. The number of pyridine rings is 1. The van der Waals surface area contributed by atoms with Gasteiger partial charge in [0.15, 0.2) is 5.13 Å². The summed E-state index contributed by atoms with van der Waals surface area (Å²) < 4.78 is 5.15. The average Bonchev–Trinajstić information content (AvgIpc) is 2.90. The van der Waals surface area contributed by atoms with E-state index in [0.717, 1.165) is 34.2 Å². The van der Waals surface area contributed by atoms with E-state index in [-0.39, 0.29) is 0 Å². The summed E-state index contributed by atoms with van der Waals surface area (Å²) in [5.74, 6) is 0.888. The molecule has 0 fully saturated rings.